The standard InChI is InChI=1S/C24H29NO4/c1-16-7-8-17(2)19(14-16)22(26)10-12-24(27)25-13-5-6-21(25)20-15-18(28-3)9-11-23(20)29-4/h7-9,11,14-15,21H,5-6,10,12-13H2,1-4H3. The fraction of sp³-hybridized carbons (Fsp3) is 0.417. The van der Waals surface area contributed by atoms with Crippen molar-refractivity contribution in [3.8, 4) is 11.5 Å². The zero-order valence-electron chi connectivity index (χ0n) is 17.7. The minimum atomic E-state index is -0.0524. The molecule has 0 radical (unpaired) electrons. The number of likely N-dealkylation sites (tertiary alicyclic amines) is 1. The van der Waals surface area contributed by atoms with Crippen LogP contribution in [-0.2, 0) is 4.79 Å². The van der Waals surface area contributed by atoms with Gasteiger partial charge >= 0.3 is 0 Å². The Hall–Kier alpha value is -2.82. The number of ketones is 1. The topological polar surface area (TPSA) is 55.8 Å². The highest BCUT2D eigenvalue weighted by Crippen LogP contribution is 2.39. The van der Waals surface area contributed by atoms with Crippen LogP contribution in [0.15, 0.2) is 36.4 Å². The van der Waals surface area contributed by atoms with Crippen molar-refractivity contribution >= 4 is 11.7 Å². The minimum Gasteiger partial charge on any atom is -0.497 e. The molecule has 2 aromatic carbocycles. The number of amides is 1. The summed E-state index contributed by atoms with van der Waals surface area (Å²) in [5.74, 6) is 1.53. The van der Waals surface area contributed by atoms with Gasteiger partial charge in [-0.3, -0.25) is 9.59 Å². The first-order valence-electron chi connectivity index (χ1n) is 10.1. The van der Waals surface area contributed by atoms with E-state index in [2.05, 4.69) is 0 Å². The number of methoxy groups -OCH3 is 2. The summed E-state index contributed by atoms with van der Waals surface area (Å²) in [6.07, 6.45) is 2.25. The van der Waals surface area contributed by atoms with Gasteiger partial charge in [-0.1, -0.05) is 17.7 Å². The molecule has 0 spiro atoms. The lowest BCUT2D eigenvalue weighted by Gasteiger charge is -2.26. The molecule has 1 atom stereocenters. The molecule has 1 unspecified atom stereocenters. The second-order valence-electron chi connectivity index (χ2n) is 7.59. The predicted molar refractivity (Wildman–Crippen MR) is 113 cm³/mol. The Bertz CT molecular complexity index is 906. The summed E-state index contributed by atoms with van der Waals surface area (Å²) in [5.41, 5.74) is 3.67. The molecule has 1 fully saturated rings. The number of carbonyl (C=O) groups excluding carboxylic acids is 2. The normalized spacial score (nSPS) is 16.0. The van der Waals surface area contributed by atoms with E-state index >= 15 is 0 Å². The summed E-state index contributed by atoms with van der Waals surface area (Å²) in [6.45, 7) is 4.60. The zero-order valence-corrected chi connectivity index (χ0v) is 17.7. The van der Waals surface area contributed by atoms with Crippen LogP contribution < -0.4 is 9.47 Å². The number of ether oxygens (including phenoxy) is 2. The summed E-state index contributed by atoms with van der Waals surface area (Å²) < 4.78 is 10.9. The van der Waals surface area contributed by atoms with E-state index in [1.807, 2.05) is 55.1 Å². The Morgan fingerprint density at radius 2 is 1.83 bits per heavy atom. The molecule has 3 rings (SSSR count). The van der Waals surface area contributed by atoms with Gasteiger partial charge in [-0.05, 0) is 56.5 Å². The highest BCUT2D eigenvalue weighted by Gasteiger charge is 2.32. The molecule has 1 aliphatic heterocycles. The van der Waals surface area contributed by atoms with Crippen LogP contribution in [0, 0.1) is 13.8 Å². The van der Waals surface area contributed by atoms with Gasteiger partial charge in [0.15, 0.2) is 5.78 Å². The van der Waals surface area contributed by atoms with Gasteiger partial charge in [-0.2, -0.15) is 0 Å². The van der Waals surface area contributed by atoms with E-state index in [1.165, 1.54) is 0 Å². The Balaban J connectivity index is 1.72. The lowest BCUT2D eigenvalue weighted by atomic mass is 9.98. The monoisotopic (exact) mass is 395 g/mol. The maximum atomic E-state index is 13.0. The lowest BCUT2D eigenvalue weighted by molar-refractivity contribution is -0.132. The van der Waals surface area contributed by atoms with Crippen LogP contribution in [0.3, 0.4) is 0 Å². The van der Waals surface area contributed by atoms with Gasteiger partial charge in [-0.25, -0.2) is 0 Å². The van der Waals surface area contributed by atoms with Gasteiger partial charge in [-0.15, -0.1) is 0 Å². The molecule has 29 heavy (non-hydrogen) atoms. The number of Topliss-reactive ketones (excluding diaryl/α,β-unsaturated/α-hetero) is 1. The number of nitrogens with zero attached hydrogens (tertiary/aromatic N) is 1. The number of rotatable bonds is 7. The quantitative estimate of drug-likeness (QED) is 0.641. The maximum absolute atomic E-state index is 13.0. The van der Waals surface area contributed by atoms with Crippen molar-refractivity contribution in [3.05, 3.63) is 58.7 Å². The Morgan fingerprint density at radius 1 is 1.03 bits per heavy atom. The molecule has 0 bridgehead atoms. The van der Waals surface area contributed by atoms with E-state index in [4.69, 9.17) is 9.47 Å². The Morgan fingerprint density at radius 3 is 2.55 bits per heavy atom. The van der Waals surface area contributed by atoms with Crippen LogP contribution in [0.5, 0.6) is 11.5 Å². The summed E-state index contributed by atoms with van der Waals surface area (Å²) in [4.78, 5) is 27.5. The molecule has 5 heteroatoms. The fourth-order valence-corrected chi connectivity index (χ4v) is 4.02. The van der Waals surface area contributed by atoms with Crippen molar-refractivity contribution in [1.82, 2.24) is 4.90 Å². The van der Waals surface area contributed by atoms with E-state index in [1.54, 1.807) is 14.2 Å². The number of aryl methyl sites for hydroxylation is 2. The molecule has 1 amide bonds. The molecule has 0 aliphatic carbocycles. The molecular weight excluding hydrogens is 366 g/mol. The molecule has 2 aromatic rings. The molecule has 1 saturated heterocycles. The van der Waals surface area contributed by atoms with E-state index in [0.29, 0.717) is 12.1 Å². The maximum Gasteiger partial charge on any atom is 0.223 e. The van der Waals surface area contributed by atoms with Crippen LogP contribution >= 0.6 is 0 Å². The second kappa shape index (κ2) is 9.12. The highest BCUT2D eigenvalue weighted by atomic mass is 16.5. The van der Waals surface area contributed by atoms with Crippen molar-refractivity contribution in [2.45, 2.75) is 45.6 Å². The van der Waals surface area contributed by atoms with E-state index < -0.39 is 0 Å². The molecular formula is C24H29NO4. The van der Waals surface area contributed by atoms with Crippen molar-refractivity contribution in [3.63, 3.8) is 0 Å². The van der Waals surface area contributed by atoms with Crippen LogP contribution in [0.2, 0.25) is 0 Å². The zero-order chi connectivity index (χ0) is 21.0. The van der Waals surface area contributed by atoms with E-state index in [9.17, 15) is 9.59 Å². The molecule has 1 aliphatic rings. The van der Waals surface area contributed by atoms with Gasteiger partial charge in [0, 0.05) is 30.5 Å². The molecule has 154 valence electrons. The van der Waals surface area contributed by atoms with Crippen LogP contribution in [0.1, 0.15) is 58.8 Å². The molecule has 1 heterocycles. The van der Waals surface area contributed by atoms with Crippen molar-refractivity contribution in [2.24, 2.45) is 0 Å². The highest BCUT2D eigenvalue weighted by molar-refractivity contribution is 5.99. The van der Waals surface area contributed by atoms with Gasteiger partial charge in [0.05, 0.1) is 20.3 Å². The van der Waals surface area contributed by atoms with Crippen molar-refractivity contribution in [1.29, 1.82) is 0 Å². The fourth-order valence-electron chi connectivity index (χ4n) is 4.02. The van der Waals surface area contributed by atoms with Crippen molar-refractivity contribution < 1.29 is 19.1 Å². The van der Waals surface area contributed by atoms with E-state index in [0.717, 1.165) is 41.0 Å². The molecule has 0 N–H and O–H groups in total. The first kappa shape index (κ1) is 20.9. The van der Waals surface area contributed by atoms with Gasteiger partial charge in [0.25, 0.3) is 0 Å². The third-order valence-electron chi connectivity index (χ3n) is 5.63. The molecule has 0 saturated carbocycles. The average molecular weight is 395 g/mol. The first-order chi connectivity index (χ1) is 13.9. The summed E-state index contributed by atoms with van der Waals surface area (Å²) in [5, 5.41) is 0. The minimum absolute atomic E-state index is 0.0102. The second-order valence-corrected chi connectivity index (χ2v) is 7.59. The average Bonchev–Trinajstić information content (AvgIpc) is 3.22. The van der Waals surface area contributed by atoms with Crippen LogP contribution in [0.4, 0.5) is 0 Å². The van der Waals surface area contributed by atoms with Gasteiger partial charge < -0.3 is 14.4 Å². The Kier molecular flexibility index (Phi) is 6.57. The number of hydrogen-bond donors (Lipinski definition) is 0. The number of hydrogen-bond acceptors (Lipinski definition) is 4. The SMILES string of the molecule is COc1ccc(OC)c(C2CCCN2C(=O)CCC(=O)c2cc(C)ccc2C)c1. The summed E-state index contributed by atoms with van der Waals surface area (Å²) in [6, 6.07) is 11.5. The largest absolute Gasteiger partial charge is 0.497 e. The van der Waals surface area contributed by atoms with Gasteiger partial charge in [0.2, 0.25) is 5.91 Å². The predicted octanol–water partition coefficient (Wildman–Crippen LogP) is 4.65. The number of benzene rings is 2. The van der Waals surface area contributed by atoms with Gasteiger partial charge in [0.1, 0.15) is 11.5 Å². The summed E-state index contributed by atoms with van der Waals surface area (Å²) in [7, 11) is 3.26. The summed E-state index contributed by atoms with van der Waals surface area (Å²) >= 11 is 0. The smallest absolute Gasteiger partial charge is 0.223 e. The van der Waals surface area contributed by atoms with Crippen molar-refractivity contribution in [2.75, 3.05) is 20.8 Å². The Labute approximate surface area is 172 Å². The third-order valence-corrected chi connectivity index (χ3v) is 5.63. The lowest BCUT2D eigenvalue weighted by Crippen LogP contribution is -2.31. The number of carbonyl (C=O) groups is 2. The molecule has 0 aromatic heterocycles. The van der Waals surface area contributed by atoms with E-state index in [-0.39, 0.29) is 30.6 Å². The first-order valence-corrected chi connectivity index (χ1v) is 10.1. The molecule has 5 nitrogen and oxygen atoms in total. The van der Waals surface area contributed by atoms with Crippen LogP contribution in [-0.4, -0.2) is 37.4 Å². The third kappa shape index (κ3) is 4.61. The van der Waals surface area contributed by atoms with Crippen LogP contribution in [0.25, 0.3) is 0 Å².